The van der Waals surface area contributed by atoms with Crippen molar-refractivity contribution < 1.29 is 42.7 Å². The summed E-state index contributed by atoms with van der Waals surface area (Å²) in [6, 6.07) is 11.0. The summed E-state index contributed by atoms with van der Waals surface area (Å²) in [5.41, 5.74) is -0.299. The Balaban J connectivity index is 1.73. The number of ether oxygens (including phenoxy) is 4. The first-order chi connectivity index (χ1) is 21.1. The fourth-order valence-corrected chi connectivity index (χ4v) is 5.37. The Morgan fingerprint density at radius 2 is 1.64 bits per heavy atom. The van der Waals surface area contributed by atoms with Gasteiger partial charge in [0.2, 0.25) is 0 Å². The van der Waals surface area contributed by atoms with E-state index in [4.69, 9.17) is 18.9 Å². The van der Waals surface area contributed by atoms with Gasteiger partial charge in [-0.2, -0.15) is 4.57 Å². The largest absolute Gasteiger partial charge is 0.468 e. The quantitative estimate of drug-likeness (QED) is 0.232. The fraction of sp³-hybridized carbons (Fsp3) is 0.559. The van der Waals surface area contributed by atoms with Crippen LogP contribution in [0, 0.1) is 0 Å². The molecule has 1 aliphatic heterocycles. The molecular weight excluding hydrogens is 578 g/mol. The van der Waals surface area contributed by atoms with Crippen LogP contribution in [-0.2, 0) is 35.3 Å². The molecule has 0 bridgehead atoms. The smallest absolute Gasteiger partial charge is 0.414 e. The molecule has 0 spiro atoms. The van der Waals surface area contributed by atoms with Crippen molar-refractivity contribution in [2.24, 2.45) is 0 Å². The predicted octanol–water partition coefficient (Wildman–Crippen LogP) is 4.52. The normalized spacial score (nSPS) is 17.4. The fourth-order valence-electron chi connectivity index (χ4n) is 5.37. The lowest BCUT2D eigenvalue weighted by Crippen LogP contribution is -2.52. The SMILES string of the molecule is COC(=O)[C@H](c1ccccc1)[C@H]1CCCCN1C(=O)OC[n+]1cccc(C(=O)N[C@H](C(=O)OC(C)(C)C)C(C)OC(C)(C)C)c1. The monoisotopic (exact) mass is 626 g/mol. The van der Waals surface area contributed by atoms with Gasteiger partial charge in [0, 0.05) is 12.6 Å². The van der Waals surface area contributed by atoms with E-state index in [0.717, 1.165) is 18.4 Å². The summed E-state index contributed by atoms with van der Waals surface area (Å²) in [7, 11) is 1.34. The summed E-state index contributed by atoms with van der Waals surface area (Å²) in [5, 5.41) is 2.76. The number of piperidine rings is 1. The molecule has 1 saturated heterocycles. The number of nitrogens with zero attached hydrogens (tertiary/aromatic N) is 2. The van der Waals surface area contributed by atoms with E-state index in [1.807, 2.05) is 51.1 Å². The first kappa shape index (κ1) is 35.5. The van der Waals surface area contributed by atoms with Crippen molar-refractivity contribution in [1.82, 2.24) is 10.2 Å². The highest BCUT2D eigenvalue weighted by Gasteiger charge is 2.40. The number of carbonyl (C=O) groups is 4. The van der Waals surface area contributed by atoms with E-state index >= 15 is 0 Å². The molecule has 11 heteroatoms. The van der Waals surface area contributed by atoms with E-state index in [2.05, 4.69) is 5.32 Å². The molecule has 1 aromatic heterocycles. The number of rotatable bonds is 10. The molecular formula is C34H48N3O8+. The zero-order chi connectivity index (χ0) is 33.4. The minimum absolute atomic E-state index is 0.170. The summed E-state index contributed by atoms with van der Waals surface area (Å²) < 4.78 is 23.9. The average molecular weight is 627 g/mol. The van der Waals surface area contributed by atoms with Gasteiger partial charge in [-0.15, -0.1) is 0 Å². The number of hydrogen-bond acceptors (Lipinski definition) is 8. The molecule has 1 N–H and O–H groups in total. The van der Waals surface area contributed by atoms with Crippen LogP contribution < -0.4 is 9.88 Å². The Morgan fingerprint density at radius 3 is 2.27 bits per heavy atom. The summed E-state index contributed by atoms with van der Waals surface area (Å²) in [6.45, 7) is 12.8. The van der Waals surface area contributed by atoms with Crippen LogP contribution in [-0.4, -0.2) is 71.9 Å². The third-order valence-corrected chi connectivity index (χ3v) is 7.20. The van der Waals surface area contributed by atoms with Crippen LogP contribution in [0.15, 0.2) is 54.9 Å². The maximum atomic E-state index is 13.4. The van der Waals surface area contributed by atoms with Gasteiger partial charge in [0.05, 0.1) is 24.9 Å². The second kappa shape index (κ2) is 15.3. The third kappa shape index (κ3) is 10.6. The Hall–Kier alpha value is -3.99. The molecule has 0 radical (unpaired) electrons. The molecule has 2 heterocycles. The van der Waals surface area contributed by atoms with Gasteiger partial charge in [0.25, 0.3) is 12.6 Å². The maximum Gasteiger partial charge on any atom is 0.414 e. The zero-order valence-corrected chi connectivity index (χ0v) is 27.7. The lowest BCUT2D eigenvalue weighted by Gasteiger charge is -2.38. The van der Waals surface area contributed by atoms with Gasteiger partial charge in [0.15, 0.2) is 18.4 Å². The number of carbonyl (C=O) groups excluding carboxylic acids is 4. The number of aromatic nitrogens is 1. The van der Waals surface area contributed by atoms with Crippen LogP contribution in [0.4, 0.5) is 4.79 Å². The summed E-state index contributed by atoms with van der Waals surface area (Å²) in [6.07, 6.45) is 4.22. The molecule has 0 aliphatic carbocycles. The van der Waals surface area contributed by atoms with Crippen LogP contribution in [0.5, 0.6) is 0 Å². The molecule has 1 aliphatic rings. The molecule has 2 aromatic rings. The first-order valence-electron chi connectivity index (χ1n) is 15.4. The van der Waals surface area contributed by atoms with Gasteiger partial charge in [-0.05, 0) is 79.4 Å². The highest BCUT2D eigenvalue weighted by molar-refractivity contribution is 5.96. The van der Waals surface area contributed by atoms with E-state index in [1.54, 1.807) is 55.5 Å². The molecule has 11 nitrogen and oxygen atoms in total. The predicted molar refractivity (Wildman–Crippen MR) is 166 cm³/mol. The van der Waals surface area contributed by atoms with Crippen LogP contribution in [0.1, 0.15) is 89.6 Å². The number of nitrogens with one attached hydrogen (secondary N) is 1. The summed E-state index contributed by atoms with van der Waals surface area (Å²) >= 11 is 0. The van der Waals surface area contributed by atoms with E-state index in [9.17, 15) is 19.2 Å². The zero-order valence-electron chi connectivity index (χ0n) is 27.7. The lowest BCUT2D eigenvalue weighted by atomic mass is 9.85. The lowest BCUT2D eigenvalue weighted by molar-refractivity contribution is -0.727. The van der Waals surface area contributed by atoms with Crippen molar-refractivity contribution in [2.45, 2.75) is 110 Å². The van der Waals surface area contributed by atoms with Crippen molar-refractivity contribution in [2.75, 3.05) is 13.7 Å². The molecule has 0 saturated carbocycles. The van der Waals surface area contributed by atoms with E-state index in [-0.39, 0.29) is 12.3 Å². The van der Waals surface area contributed by atoms with Gasteiger partial charge in [-0.3, -0.25) is 9.59 Å². The van der Waals surface area contributed by atoms with Crippen molar-refractivity contribution in [3.05, 3.63) is 66.0 Å². The second-order valence-corrected chi connectivity index (χ2v) is 13.2. The highest BCUT2D eigenvalue weighted by atomic mass is 16.6. The molecule has 246 valence electrons. The van der Waals surface area contributed by atoms with Crippen LogP contribution >= 0.6 is 0 Å². The van der Waals surface area contributed by atoms with Crippen molar-refractivity contribution >= 4 is 23.9 Å². The van der Waals surface area contributed by atoms with E-state index in [0.29, 0.717) is 13.0 Å². The van der Waals surface area contributed by atoms with Crippen molar-refractivity contribution in [3.8, 4) is 0 Å². The standard InChI is InChI=1S/C34H47N3O8/c1-23(44-33(2,3)4)28(31(40)45-34(5,6)7)35-29(38)25-17-14-19-36(21-25)22-43-32(41)37-20-13-12-18-26(37)27(30(39)42-8)24-15-10-9-11-16-24/h9-11,14-17,19,21,23,26-28H,12-13,18,20,22H2,1-8H3/p+1/t23?,26-,27-,28+/m1/s1. The van der Waals surface area contributed by atoms with E-state index in [1.165, 1.54) is 13.3 Å². The molecule has 2 amide bonds. The number of pyridine rings is 1. The molecule has 3 rings (SSSR count). The van der Waals surface area contributed by atoms with Gasteiger partial charge < -0.3 is 29.2 Å². The Morgan fingerprint density at radius 1 is 0.956 bits per heavy atom. The third-order valence-electron chi connectivity index (χ3n) is 7.20. The minimum Gasteiger partial charge on any atom is -0.468 e. The molecule has 4 atom stereocenters. The van der Waals surface area contributed by atoms with Crippen LogP contribution in [0.2, 0.25) is 0 Å². The van der Waals surface area contributed by atoms with E-state index < -0.39 is 59.2 Å². The van der Waals surface area contributed by atoms with Crippen LogP contribution in [0.25, 0.3) is 0 Å². The van der Waals surface area contributed by atoms with Crippen LogP contribution in [0.3, 0.4) is 0 Å². The van der Waals surface area contributed by atoms with Crippen molar-refractivity contribution in [1.29, 1.82) is 0 Å². The number of benzene rings is 1. The van der Waals surface area contributed by atoms with Gasteiger partial charge >= 0.3 is 18.0 Å². The molecule has 1 fully saturated rings. The van der Waals surface area contributed by atoms with Gasteiger partial charge in [0.1, 0.15) is 17.1 Å². The Bertz CT molecular complexity index is 1320. The Labute approximate surface area is 266 Å². The molecule has 45 heavy (non-hydrogen) atoms. The highest BCUT2D eigenvalue weighted by Crippen LogP contribution is 2.32. The summed E-state index contributed by atoms with van der Waals surface area (Å²) in [5.74, 6) is -2.19. The number of amides is 2. The number of esters is 2. The molecule has 1 unspecified atom stereocenters. The topological polar surface area (TPSA) is 124 Å². The number of hydrogen-bond donors (Lipinski definition) is 1. The second-order valence-electron chi connectivity index (χ2n) is 13.2. The van der Waals surface area contributed by atoms with Crippen molar-refractivity contribution in [3.63, 3.8) is 0 Å². The Kier molecular flexibility index (Phi) is 12.1. The first-order valence-corrected chi connectivity index (χ1v) is 15.4. The summed E-state index contributed by atoms with van der Waals surface area (Å²) in [4.78, 5) is 54.2. The van der Waals surface area contributed by atoms with Gasteiger partial charge in [-0.1, -0.05) is 30.3 Å². The number of methoxy groups -OCH3 is 1. The average Bonchev–Trinajstić information content (AvgIpc) is 2.97. The molecule has 1 aromatic carbocycles. The van der Waals surface area contributed by atoms with Gasteiger partial charge in [-0.25, -0.2) is 9.59 Å². The maximum absolute atomic E-state index is 13.4. The number of likely N-dealkylation sites (tertiary alicyclic amines) is 1. The minimum atomic E-state index is -1.06.